The average molecular weight is 335 g/mol. The molecule has 3 rings (SSSR count). The highest BCUT2D eigenvalue weighted by molar-refractivity contribution is 8.21. The molecule has 0 saturated carbocycles. The minimum atomic E-state index is -2.29. The summed E-state index contributed by atoms with van der Waals surface area (Å²) in [5.41, 5.74) is 0. The van der Waals surface area contributed by atoms with Gasteiger partial charge in [0.1, 0.15) is 24.3 Å². The van der Waals surface area contributed by atoms with E-state index in [0.29, 0.717) is 6.29 Å². The molecule has 0 aliphatic carbocycles. The van der Waals surface area contributed by atoms with Crippen LogP contribution in [0, 0.1) is 11.6 Å². The second kappa shape index (κ2) is 6.07. The first-order valence-corrected chi connectivity index (χ1v) is 9.50. The van der Waals surface area contributed by atoms with E-state index < -0.39 is 6.04 Å². The van der Waals surface area contributed by atoms with Gasteiger partial charge in [-0.05, 0) is 34.9 Å². The van der Waals surface area contributed by atoms with Gasteiger partial charge in [-0.2, -0.15) is 5.10 Å². The van der Waals surface area contributed by atoms with Gasteiger partial charge in [0.2, 0.25) is 0 Å². The predicted molar refractivity (Wildman–Crippen MR) is 86.4 cm³/mol. The maximum absolute atomic E-state index is 13.2. The normalized spacial score (nSPS) is 11.5. The minimum absolute atomic E-state index is 0.315. The first kappa shape index (κ1) is 15.0. The summed E-state index contributed by atoms with van der Waals surface area (Å²) in [7, 11) is 0. The molecule has 3 aromatic rings. The van der Waals surface area contributed by atoms with Crippen molar-refractivity contribution in [3.05, 3.63) is 72.8 Å². The highest BCUT2D eigenvalue weighted by Gasteiger charge is 2.23. The Morgan fingerprint density at radius 3 is 1.82 bits per heavy atom. The summed E-state index contributed by atoms with van der Waals surface area (Å²) in [6.07, 6.45) is 3.47. The lowest BCUT2D eigenvalue weighted by Crippen LogP contribution is -2.20. The Balaban J connectivity index is 2.10. The van der Waals surface area contributed by atoms with E-state index in [1.807, 2.05) is 0 Å². The third-order valence-corrected chi connectivity index (χ3v) is 7.86. The molecule has 0 N–H and O–H groups in total. The maximum Gasteiger partial charge on any atom is 0.137 e. The van der Waals surface area contributed by atoms with Crippen molar-refractivity contribution in [2.45, 2.75) is 6.29 Å². The van der Waals surface area contributed by atoms with Crippen LogP contribution in [-0.2, 0) is 18.1 Å². The summed E-state index contributed by atoms with van der Waals surface area (Å²) < 4.78 is 28.1. The van der Waals surface area contributed by atoms with Crippen LogP contribution in [0.3, 0.4) is 0 Å². The van der Waals surface area contributed by atoms with Crippen LogP contribution in [-0.4, -0.2) is 14.8 Å². The first-order valence-electron chi connectivity index (χ1n) is 6.52. The van der Waals surface area contributed by atoms with E-state index in [0.717, 1.165) is 10.6 Å². The van der Waals surface area contributed by atoms with E-state index in [4.69, 9.17) is 11.8 Å². The van der Waals surface area contributed by atoms with E-state index >= 15 is 0 Å². The lowest BCUT2D eigenvalue weighted by molar-refractivity contribution is 0.628. The van der Waals surface area contributed by atoms with Gasteiger partial charge >= 0.3 is 0 Å². The number of nitrogens with zero attached hydrogens (tertiary/aromatic N) is 3. The SMILES string of the molecule is Fc1ccc(P(=S)(Cn2cncn2)c2ccc(F)cc2)cc1. The van der Waals surface area contributed by atoms with Gasteiger partial charge in [0, 0.05) is 6.04 Å². The molecule has 0 aliphatic heterocycles. The highest BCUT2D eigenvalue weighted by atomic mass is 32.4. The molecule has 1 heterocycles. The Bertz CT molecular complexity index is 752. The summed E-state index contributed by atoms with van der Waals surface area (Å²) >= 11 is 5.95. The summed E-state index contributed by atoms with van der Waals surface area (Å²) in [6, 6.07) is 10.0. The molecule has 0 spiro atoms. The van der Waals surface area contributed by atoms with Gasteiger partial charge in [-0.1, -0.05) is 36.1 Å². The van der Waals surface area contributed by atoms with Gasteiger partial charge in [0.25, 0.3) is 0 Å². The minimum Gasteiger partial charge on any atom is -0.247 e. The number of halogens is 2. The van der Waals surface area contributed by atoms with E-state index in [1.165, 1.54) is 30.6 Å². The summed E-state index contributed by atoms with van der Waals surface area (Å²) in [5, 5.41) is 5.81. The van der Waals surface area contributed by atoms with Gasteiger partial charge in [0.05, 0.1) is 6.29 Å². The van der Waals surface area contributed by atoms with Gasteiger partial charge in [-0.25, -0.2) is 18.4 Å². The van der Waals surface area contributed by atoms with Gasteiger partial charge in [-0.3, -0.25) is 0 Å². The van der Waals surface area contributed by atoms with Crippen LogP contribution in [0.5, 0.6) is 0 Å². The molecule has 2 aromatic carbocycles. The zero-order valence-corrected chi connectivity index (χ0v) is 13.1. The van der Waals surface area contributed by atoms with Crippen molar-refractivity contribution in [2.24, 2.45) is 0 Å². The van der Waals surface area contributed by atoms with Crippen molar-refractivity contribution in [3.63, 3.8) is 0 Å². The molecule has 22 heavy (non-hydrogen) atoms. The monoisotopic (exact) mass is 335 g/mol. The standard InChI is InChI=1S/C15H12F2N3PS/c16-12-1-5-14(6-2-12)21(22,11-20-10-18-9-19-20)15-7-3-13(17)4-8-15/h1-10H,11H2. The Labute approximate surface area is 131 Å². The second-order valence-corrected chi connectivity index (χ2v) is 9.43. The van der Waals surface area contributed by atoms with Crippen molar-refractivity contribution in [1.29, 1.82) is 0 Å². The van der Waals surface area contributed by atoms with Gasteiger partial charge in [-0.15, -0.1) is 0 Å². The van der Waals surface area contributed by atoms with Crippen LogP contribution in [0.2, 0.25) is 0 Å². The lowest BCUT2D eigenvalue weighted by atomic mass is 10.3. The molecule has 0 fully saturated rings. The topological polar surface area (TPSA) is 30.7 Å². The molecule has 0 bridgehead atoms. The predicted octanol–water partition coefficient (Wildman–Crippen LogP) is 2.64. The number of aromatic nitrogens is 3. The quantitative estimate of drug-likeness (QED) is 0.687. The molecule has 1 aromatic heterocycles. The Kier molecular flexibility index (Phi) is 4.14. The maximum atomic E-state index is 13.2. The Morgan fingerprint density at radius 2 is 1.41 bits per heavy atom. The molecule has 3 nitrogen and oxygen atoms in total. The fraction of sp³-hybridized carbons (Fsp3) is 0.0667. The molecule has 0 atom stereocenters. The van der Waals surface area contributed by atoms with Crippen LogP contribution in [0.15, 0.2) is 61.2 Å². The zero-order chi connectivity index (χ0) is 15.6. The van der Waals surface area contributed by atoms with Crippen LogP contribution >= 0.6 is 6.04 Å². The highest BCUT2D eigenvalue weighted by Crippen LogP contribution is 2.45. The molecular weight excluding hydrogens is 323 g/mol. The van der Waals surface area contributed by atoms with Crippen molar-refractivity contribution in [2.75, 3.05) is 0 Å². The second-order valence-electron chi connectivity index (χ2n) is 4.77. The van der Waals surface area contributed by atoms with Crippen molar-refractivity contribution < 1.29 is 8.78 Å². The molecule has 0 unspecified atom stereocenters. The van der Waals surface area contributed by atoms with Gasteiger partial charge < -0.3 is 0 Å². The third-order valence-electron chi connectivity index (χ3n) is 3.30. The van der Waals surface area contributed by atoms with E-state index in [2.05, 4.69) is 10.1 Å². The van der Waals surface area contributed by atoms with Crippen molar-refractivity contribution >= 4 is 28.5 Å². The van der Waals surface area contributed by atoms with Crippen LogP contribution < -0.4 is 10.6 Å². The first-order chi connectivity index (χ1) is 10.6. The molecule has 0 amide bonds. The number of benzene rings is 2. The number of rotatable bonds is 4. The third kappa shape index (κ3) is 2.98. The molecule has 7 heteroatoms. The van der Waals surface area contributed by atoms with Gasteiger partial charge in [0.15, 0.2) is 0 Å². The average Bonchev–Trinajstić information content (AvgIpc) is 3.01. The summed E-state index contributed by atoms with van der Waals surface area (Å²) in [5.74, 6) is -0.629. The number of hydrogen-bond acceptors (Lipinski definition) is 3. The smallest absolute Gasteiger partial charge is 0.137 e. The summed E-state index contributed by atoms with van der Waals surface area (Å²) in [4.78, 5) is 3.93. The Morgan fingerprint density at radius 1 is 0.909 bits per heavy atom. The fourth-order valence-corrected chi connectivity index (χ4v) is 5.71. The van der Waals surface area contributed by atoms with E-state index in [9.17, 15) is 8.78 Å². The molecule has 0 radical (unpaired) electrons. The van der Waals surface area contributed by atoms with E-state index in [1.54, 1.807) is 35.3 Å². The van der Waals surface area contributed by atoms with Crippen LogP contribution in [0.1, 0.15) is 0 Å². The Hall–Kier alpha value is -1.91. The molecule has 0 aliphatic rings. The number of hydrogen-bond donors (Lipinski definition) is 0. The molecular formula is C15H12F2N3PS. The van der Waals surface area contributed by atoms with Crippen LogP contribution in [0.4, 0.5) is 8.78 Å². The van der Waals surface area contributed by atoms with Crippen LogP contribution in [0.25, 0.3) is 0 Å². The lowest BCUT2D eigenvalue weighted by Gasteiger charge is -2.23. The molecule has 112 valence electrons. The molecule has 0 saturated heterocycles. The van der Waals surface area contributed by atoms with Crippen molar-refractivity contribution in [1.82, 2.24) is 14.8 Å². The summed E-state index contributed by atoms with van der Waals surface area (Å²) in [6.45, 7) is 0. The zero-order valence-electron chi connectivity index (χ0n) is 11.4. The fourth-order valence-electron chi connectivity index (χ4n) is 2.19. The largest absolute Gasteiger partial charge is 0.247 e. The van der Waals surface area contributed by atoms with Crippen molar-refractivity contribution in [3.8, 4) is 0 Å². The van der Waals surface area contributed by atoms with E-state index in [-0.39, 0.29) is 11.6 Å².